The molecule has 0 fully saturated rings. The maximum Gasteiger partial charge on any atom is 0.306 e. The molecular weight excluding hydrogens is 901 g/mol. The summed E-state index contributed by atoms with van der Waals surface area (Å²) in [5.41, 5.74) is 0. The quantitative estimate of drug-likeness (QED) is 0.0261. The largest absolute Gasteiger partial charge is 0.462 e. The molecule has 0 aromatic carbocycles. The van der Waals surface area contributed by atoms with Crippen molar-refractivity contribution in [1.29, 1.82) is 0 Å². The molecule has 0 aliphatic rings. The Labute approximate surface area is 456 Å². The molecule has 0 bridgehead atoms. The van der Waals surface area contributed by atoms with Crippen molar-refractivity contribution in [2.45, 2.75) is 386 Å². The van der Waals surface area contributed by atoms with Gasteiger partial charge >= 0.3 is 17.9 Å². The van der Waals surface area contributed by atoms with Gasteiger partial charge in [0, 0.05) is 19.3 Å². The summed E-state index contributed by atoms with van der Waals surface area (Å²) in [6.07, 6.45) is 73.8. The number of rotatable bonds is 62. The van der Waals surface area contributed by atoms with Crippen molar-refractivity contribution in [3.05, 3.63) is 12.2 Å². The van der Waals surface area contributed by atoms with E-state index in [1.165, 1.54) is 276 Å². The summed E-state index contributed by atoms with van der Waals surface area (Å²) >= 11 is 0. The fourth-order valence-electron chi connectivity index (χ4n) is 10.3. The van der Waals surface area contributed by atoms with Crippen molar-refractivity contribution >= 4 is 17.9 Å². The molecule has 0 radical (unpaired) electrons. The van der Waals surface area contributed by atoms with E-state index in [1.807, 2.05) is 0 Å². The van der Waals surface area contributed by atoms with Crippen LogP contribution in [0.5, 0.6) is 0 Å². The summed E-state index contributed by atoms with van der Waals surface area (Å²) in [4.78, 5) is 38.2. The van der Waals surface area contributed by atoms with Crippen LogP contribution in [0.3, 0.4) is 0 Å². The van der Waals surface area contributed by atoms with Crippen LogP contribution in [0.25, 0.3) is 0 Å². The van der Waals surface area contributed by atoms with Crippen molar-refractivity contribution in [2.24, 2.45) is 0 Å². The standard InChI is InChI=1S/C67H128O6/c1-4-7-10-13-16-19-22-25-27-28-29-30-31-32-33-34-35-36-37-38-39-41-42-45-48-51-54-57-60-66(69)72-63-64(62-71-65(68)59-56-53-50-47-44-24-21-18-15-12-9-6-3)73-67(70)61-58-55-52-49-46-43-40-26-23-20-17-14-11-8-5-2/h26,40,64H,4-25,27-39,41-63H2,1-3H3/b40-26-. The maximum absolute atomic E-state index is 12.9. The summed E-state index contributed by atoms with van der Waals surface area (Å²) in [6.45, 7) is 6.70. The Morgan fingerprint density at radius 1 is 0.260 bits per heavy atom. The lowest BCUT2D eigenvalue weighted by Crippen LogP contribution is -2.30. The van der Waals surface area contributed by atoms with Gasteiger partial charge in [-0.3, -0.25) is 14.4 Å². The number of carbonyl (C=O) groups is 3. The number of unbranched alkanes of at least 4 members (excludes halogenated alkanes) is 49. The van der Waals surface area contributed by atoms with E-state index in [4.69, 9.17) is 14.2 Å². The van der Waals surface area contributed by atoms with Crippen molar-refractivity contribution in [3.63, 3.8) is 0 Å². The van der Waals surface area contributed by atoms with Crippen molar-refractivity contribution in [1.82, 2.24) is 0 Å². The van der Waals surface area contributed by atoms with Gasteiger partial charge in [-0.1, -0.05) is 328 Å². The molecule has 432 valence electrons. The molecular formula is C67H128O6. The lowest BCUT2D eigenvalue weighted by atomic mass is 10.0. The fourth-order valence-corrected chi connectivity index (χ4v) is 10.3. The van der Waals surface area contributed by atoms with Crippen LogP contribution in [0, 0.1) is 0 Å². The van der Waals surface area contributed by atoms with Gasteiger partial charge in [-0.2, -0.15) is 0 Å². The summed E-state index contributed by atoms with van der Waals surface area (Å²) in [5, 5.41) is 0. The smallest absolute Gasteiger partial charge is 0.306 e. The molecule has 73 heavy (non-hydrogen) atoms. The summed E-state index contributed by atoms with van der Waals surface area (Å²) in [5.74, 6) is -0.847. The topological polar surface area (TPSA) is 78.9 Å². The van der Waals surface area contributed by atoms with E-state index in [0.29, 0.717) is 19.3 Å². The number of esters is 3. The Morgan fingerprint density at radius 3 is 0.685 bits per heavy atom. The van der Waals surface area contributed by atoms with E-state index >= 15 is 0 Å². The third kappa shape index (κ3) is 60.9. The maximum atomic E-state index is 12.9. The van der Waals surface area contributed by atoms with Crippen molar-refractivity contribution in [3.8, 4) is 0 Å². The molecule has 0 rings (SSSR count). The van der Waals surface area contributed by atoms with Gasteiger partial charge in [0.05, 0.1) is 0 Å². The molecule has 0 amide bonds. The minimum atomic E-state index is -0.769. The number of carbonyl (C=O) groups excluding carboxylic acids is 3. The molecule has 0 spiro atoms. The van der Waals surface area contributed by atoms with Gasteiger partial charge in [0.1, 0.15) is 13.2 Å². The van der Waals surface area contributed by atoms with E-state index in [-0.39, 0.29) is 31.1 Å². The average molecular weight is 1030 g/mol. The minimum Gasteiger partial charge on any atom is -0.462 e. The highest BCUT2D eigenvalue weighted by Gasteiger charge is 2.19. The molecule has 0 aliphatic heterocycles. The zero-order valence-corrected chi connectivity index (χ0v) is 49.7. The van der Waals surface area contributed by atoms with Crippen molar-refractivity contribution in [2.75, 3.05) is 13.2 Å². The normalized spacial score (nSPS) is 12.0. The van der Waals surface area contributed by atoms with Crippen LogP contribution < -0.4 is 0 Å². The first kappa shape index (κ1) is 71.2. The highest BCUT2D eigenvalue weighted by molar-refractivity contribution is 5.71. The number of ether oxygens (including phenoxy) is 3. The van der Waals surface area contributed by atoms with E-state index in [9.17, 15) is 14.4 Å². The van der Waals surface area contributed by atoms with Crippen LogP contribution in [-0.2, 0) is 28.6 Å². The Morgan fingerprint density at radius 2 is 0.452 bits per heavy atom. The summed E-state index contributed by atoms with van der Waals surface area (Å²) in [6, 6.07) is 0. The van der Waals surface area contributed by atoms with Gasteiger partial charge in [-0.15, -0.1) is 0 Å². The Bertz CT molecular complexity index is 1130. The molecule has 6 nitrogen and oxygen atoms in total. The van der Waals surface area contributed by atoms with Crippen LogP contribution in [0.15, 0.2) is 12.2 Å². The zero-order valence-electron chi connectivity index (χ0n) is 49.7. The minimum absolute atomic E-state index is 0.0671. The Kier molecular flexibility index (Phi) is 61.1. The summed E-state index contributed by atoms with van der Waals surface area (Å²) < 4.78 is 16.9. The predicted molar refractivity (Wildman–Crippen MR) is 317 cm³/mol. The third-order valence-electron chi connectivity index (χ3n) is 15.3. The fraction of sp³-hybridized carbons (Fsp3) is 0.925. The molecule has 0 heterocycles. The van der Waals surface area contributed by atoms with Gasteiger partial charge in [-0.25, -0.2) is 0 Å². The van der Waals surface area contributed by atoms with Crippen molar-refractivity contribution < 1.29 is 28.6 Å². The first-order valence-corrected chi connectivity index (χ1v) is 33.2. The van der Waals surface area contributed by atoms with Crippen LogP contribution in [0.4, 0.5) is 0 Å². The lowest BCUT2D eigenvalue weighted by molar-refractivity contribution is -0.167. The Balaban J connectivity index is 4.12. The van der Waals surface area contributed by atoms with E-state index in [0.717, 1.165) is 64.2 Å². The first-order chi connectivity index (χ1) is 36.0. The molecule has 6 heteroatoms. The zero-order chi connectivity index (χ0) is 52.9. The second-order valence-electron chi connectivity index (χ2n) is 22.7. The van der Waals surface area contributed by atoms with E-state index in [1.54, 1.807) is 0 Å². The number of hydrogen-bond donors (Lipinski definition) is 0. The molecule has 0 saturated heterocycles. The van der Waals surface area contributed by atoms with Crippen LogP contribution >= 0.6 is 0 Å². The van der Waals surface area contributed by atoms with Gasteiger partial charge in [0.15, 0.2) is 6.10 Å². The van der Waals surface area contributed by atoms with Crippen LogP contribution in [0.2, 0.25) is 0 Å². The first-order valence-electron chi connectivity index (χ1n) is 33.2. The second-order valence-corrected chi connectivity index (χ2v) is 22.7. The van der Waals surface area contributed by atoms with E-state index in [2.05, 4.69) is 32.9 Å². The molecule has 0 aliphatic carbocycles. The van der Waals surface area contributed by atoms with E-state index < -0.39 is 6.10 Å². The Hall–Kier alpha value is -1.85. The average Bonchev–Trinajstić information content (AvgIpc) is 3.39. The molecule has 0 N–H and O–H groups in total. The van der Waals surface area contributed by atoms with Gasteiger partial charge < -0.3 is 14.2 Å². The highest BCUT2D eigenvalue weighted by atomic mass is 16.6. The number of hydrogen-bond acceptors (Lipinski definition) is 6. The van der Waals surface area contributed by atoms with Gasteiger partial charge in [0.2, 0.25) is 0 Å². The second kappa shape index (κ2) is 62.7. The van der Waals surface area contributed by atoms with Gasteiger partial charge in [0.25, 0.3) is 0 Å². The number of allylic oxidation sites excluding steroid dienone is 2. The monoisotopic (exact) mass is 1030 g/mol. The molecule has 1 atom stereocenters. The SMILES string of the molecule is CCCCCCCC/C=C\CCCCCCCC(=O)OC(COC(=O)CCCCCCCCCCCCCC)COC(=O)CCCCCCCCCCCCCCCCCCCCCCCCCCCCCC. The summed E-state index contributed by atoms with van der Waals surface area (Å²) in [7, 11) is 0. The lowest BCUT2D eigenvalue weighted by Gasteiger charge is -2.18. The highest BCUT2D eigenvalue weighted by Crippen LogP contribution is 2.18. The molecule has 0 aromatic heterocycles. The van der Waals surface area contributed by atoms with Crippen LogP contribution in [-0.4, -0.2) is 37.2 Å². The predicted octanol–water partition coefficient (Wildman–Crippen LogP) is 22.4. The molecule has 0 aromatic rings. The molecule has 1 unspecified atom stereocenters. The third-order valence-corrected chi connectivity index (χ3v) is 15.3. The molecule has 0 saturated carbocycles. The van der Waals surface area contributed by atoms with Gasteiger partial charge in [-0.05, 0) is 44.9 Å². The van der Waals surface area contributed by atoms with Crippen LogP contribution in [0.1, 0.15) is 380 Å².